The van der Waals surface area contributed by atoms with Crippen molar-refractivity contribution < 1.29 is 13.2 Å². The molecule has 0 bridgehead atoms. The van der Waals surface area contributed by atoms with E-state index < -0.39 is 15.6 Å². The molecule has 0 aliphatic carbocycles. The van der Waals surface area contributed by atoms with Crippen LogP contribution in [0, 0.1) is 11.3 Å². The molecule has 7 heteroatoms. The highest BCUT2D eigenvalue weighted by atomic mass is 32.2. The highest BCUT2D eigenvalue weighted by molar-refractivity contribution is 7.91. The number of nitriles is 1. The van der Waals surface area contributed by atoms with E-state index in [1.54, 1.807) is 0 Å². The molecule has 1 aliphatic rings. The molecule has 1 aromatic rings. The van der Waals surface area contributed by atoms with Gasteiger partial charge in [0.15, 0.2) is 0 Å². The van der Waals surface area contributed by atoms with Crippen LogP contribution >= 0.6 is 11.3 Å². The first-order valence-electron chi connectivity index (χ1n) is 5.07. The summed E-state index contributed by atoms with van der Waals surface area (Å²) in [6.45, 7) is 2.76. The van der Waals surface area contributed by atoms with Gasteiger partial charge in [0.05, 0.1) is 12.1 Å². The highest BCUT2D eigenvalue weighted by Gasteiger charge is 2.35. The first-order chi connectivity index (χ1) is 7.95. The molecule has 2 heterocycles. The van der Waals surface area contributed by atoms with Gasteiger partial charge in [-0.25, -0.2) is 13.1 Å². The van der Waals surface area contributed by atoms with Crippen molar-refractivity contribution in [1.82, 2.24) is 4.72 Å². The largest absolute Gasteiger partial charge is 0.379 e. The summed E-state index contributed by atoms with van der Waals surface area (Å²) in [6.07, 6.45) is 0.655. The summed E-state index contributed by atoms with van der Waals surface area (Å²) in [5.74, 6) is 0. The lowest BCUT2D eigenvalue weighted by atomic mass is 10.0. The fourth-order valence-corrected chi connectivity index (χ4v) is 4.17. The molecule has 0 amide bonds. The molecule has 1 N–H and O–H groups in total. The van der Waals surface area contributed by atoms with Crippen molar-refractivity contribution in [2.45, 2.75) is 23.1 Å². The third kappa shape index (κ3) is 2.66. The molecular formula is C10H12N2O3S2. The van der Waals surface area contributed by atoms with Gasteiger partial charge in [0.1, 0.15) is 15.2 Å². The zero-order valence-corrected chi connectivity index (χ0v) is 10.9. The summed E-state index contributed by atoms with van der Waals surface area (Å²) in [4.78, 5) is 0.387. The summed E-state index contributed by atoms with van der Waals surface area (Å²) < 4.78 is 32.1. The van der Waals surface area contributed by atoms with Crippen molar-refractivity contribution in [1.29, 1.82) is 5.26 Å². The Morgan fingerprint density at radius 3 is 2.88 bits per heavy atom. The average molecular weight is 272 g/mol. The number of sulfonamides is 1. The second kappa shape index (κ2) is 4.38. The maximum absolute atomic E-state index is 12.1. The van der Waals surface area contributed by atoms with E-state index in [9.17, 15) is 8.42 Å². The smallest absolute Gasteiger partial charge is 0.250 e. The van der Waals surface area contributed by atoms with Gasteiger partial charge in [0, 0.05) is 6.61 Å². The number of hydrogen-bond donors (Lipinski definition) is 1. The van der Waals surface area contributed by atoms with Crippen LogP contribution < -0.4 is 4.72 Å². The third-order valence-corrected chi connectivity index (χ3v) is 5.68. The normalized spacial score (nSPS) is 24.7. The van der Waals surface area contributed by atoms with Gasteiger partial charge in [0.2, 0.25) is 0 Å². The number of thiophene rings is 1. The minimum Gasteiger partial charge on any atom is -0.379 e. The Bertz CT molecular complexity index is 550. The van der Waals surface area contributed by atoms with Crippen LogP contribution in [0.5, 0.6) is 0 Å². The van der Waals surface area contributed by atoms with E-state index in [0.29, 0.717) is 24.5 Å². The predicted octanol–water partition coefficient (Wildman–Crippen LogP) is 1.08. The van der Waals surface area contributed by atoms with Crippen LogP contribution in [0.25, 0.3) is 0 Å². The lowest BCUT2D eigenvalue weighted by Crippen LogP contribution is -2.46. The van der Waals surface area contributed by atoms with E-state index >= 15 is 0 Å². The van der Waals surface area contributed by atoms with Crippen molar-refractivity contribution in [3.8, 4) is 6.07 Å². The Morgan fingerprint density at radius 1 is 1.59 bits per heavy atom. The topological polar surface area (TPSA) is 79.2 Å². The standard InChI is InChI=1S/C10H12N2O3S2/c1-10(4-5-15-7-10)12-17(13,14)9-3-2-8(6-11)16-9/h2-3,12H,4-5,7H2,1H3. The van der Waals surface area contributed by atoms with Crippen LogP contribution in [0.3, 0.4) is 0 Å². The van der Waals surface area contributed by atoms with Crippen LogP contribution in [0.1, 0.15) is 18.2 Å². The molecule has 2 rings (SSSR count). The molecule has 0 aromatic carbocycles. The van der Waals surface area contributed by atoms with Gasteiger partial charge in [-0.3, -0.25) is 0 Å². The van der Waals surface area contributed by atoms with Gasteiger partial charge in [-0.1, -0.05) is 0 Å². The van der Waals surface area contributed by atoms with Crippen molar-refractivity contribution in [3.63, 3.8) is 0 Å². The average Bonchev–Trinajstić information content (AvgIpc) is 2.85. The van der Waals surface area contributed by atoms with Crippen LogP contribution in [0.15, 0.2) is 16.3 Å². The van der Waals surface area contributed by atoms with Gasteiger partial charge in [-0.15, -0.1) is 11.3 Å². The van der Waals surface area contributed by atoms with Gasteiger partial charge in [-0.05, 0) is 25.5 Å². The maximum atomic E-state index is 12.1. The lowest BCUT2D eigenvalue weighted by Gasteiger charge is -2.22. The van der Waals surface area contributed by atoms with Crippen molar-refractivity contribution in [3.05, 3.63) is 17.0 Å². The first-order valence-corrected chi connectivity index (χ1v) is 7.37. The highest BCUT2D eigenvalue weighted by Crippen LogP contribution is 2.25. The van der Waals surface area contributed by atoms with Crippen molar-refractivity contribution >= 4 is 21.4 Å². The summed E-state index contributed by atoms with van der Waals surface area (Å²) in [5, 5.41) is 8.68. The van der Waals surface area contributed by atoms with E-state index in [-0.39, 0.29) is 4.21 Å². The minimum absolute atomic E-state index is 0.169. The molecule has 1 saturated heterocycles. The Balaban J connectivity index is 2.22. The third-order valence-electron chi connectivity index (χ3n) is 2.56. The molecule has 5 nitrogen and oxygen atoms in total. The zero-order chi connectivity index (χ0) is 12.5. The molecular weight excluding hydrogens is 260 g/mol. The fourth-order valence-electron chi connectivity index (χ4n) is 1.65. The molecule has 92 valence electrons. The summed E-state index contributed by atoms with van der Waals surface area (Å²) in [5.41, 5.74) is -0.546. The molecule has 0 radical (unpaired) electrons. The summed E-state index contributed by atoms with van der Waals surface area (Å²) >= 11 is 0.970. The van der Waals surface area contributed by atoms with Gasteiger partial charge in [-0.2, -0.15) is 5.26 Å². The fraction of sp³-hybridized carbons (Fsp3) is 0.500. The van der Waals surface area contributed by atoms with Gasteiger partial charge in [0.25, 0.3) is 10.0 Å². The Labute approximate surface area is 104 Å². The summed E-state index contributed by atoms with van der Waals surface area (Å²) in [6, 6.07) is 4.88. The lowest BCUT2D eigenvalue weighted by molar-refractivity contribution is 0.178. The Morgan fingerprint density at radius 2 is 2.35 bits per heavy atom. The van der Waals surface area contributed by atoms with E-state index in [1.165, 1.54) is 12.1 Å². The molecule has 1 atom stereocenters. The predicted molar refractivity (Wildman–Crippen MR) is 63.2 cm³/mol. The van der Waals surface area contributed by atoms with Crippen LogP contribution in [0.4, 0.5) is 0 Å². The van der Waals surface area contributed by atoms with E-state index in [2.05, 4.69) is 4.72 Å². The Kier molecular flexibility index (Phi) is 3.23. The second-order valence-corrected chi connectivity index (χ2v) is 7.19. The molecule has 0 saturated carbocycles. The zero-order valence-electron chi connectivity index (χ0n) is 9.26. The molecule has 0 spiro atoms. The van der Waals surface area contributed by atoms with Gasteiger partial charge >= 0.3 is 0 Å². The quantitative estimate of drug-likeness (QED) is 0.893. The molecule has 17 heavy (non-hydrogen) atoms. The number of nitrogens with one attached hydrogen (secondary N) is 1. The summed E-state index contributed by atoms with van der Waals surface area (Å²) in [7, 11) is -3.55. The van der Waals surface area contributed by atoms with E-state index in [1.807, 2.05) is 13.0 Å². The number of ether oxygens (including phenoxy) is 1. The van der Waals surface area contributed by atoms with Crippen LogP contribution in [0.2, 0.25) is 0 Å². The SMILES string of the molecule is CC1(NS(=O)(=O)c2ccc(C#N)s2)CCOC1. The second-order valence-electron chi connectivity index (χ2n) is 4.20. The molecule has 1 aromatic heterocycles. The monoisotopic (exact) mass is 272 g/mol. The Hall–Kier alpha value is -0.940. The number of nitrogens with zero attached hydrogens (tertiary/aromatic N) is 1. The molecule has 1 unspecified atom stereocenters. The molecule has 1 fully saturated rings. The van der Waals surface area contributed by atoms with Crippen molar-refractivity contribution in [2.24, 2.45) is 0 Å². The van der Waals surface area contributed by atoms with Crippen LogP contribution in [-0.2, 0) is 14.8 Å². The number of rotatable bonds is 3. The van der Waals surface area contributed by atoms with Crippen molar-refractivity contribution in [2.75, 3.05) is 13.2 Å². The maximum Gasteiger partial charge on any atom is 0.250 e. The number of hydrogen-bond acceptors (Lipinski definition) is 5. The van der Waals surface area contributed by atoms with E-state index in [0.717, 1.165) is 11.3 Å². The first kappa shape index (κ1) is 12.5. The minimum atomic E-state index is -3.55. The molecule has 1 aliphatic heterocycles. The van der Waals surface area contributed by atoms with Gasteiger partial charge < -0.3 is 4.74 Å². The van der Waals surface area contributed by atoms with Crippen LogP contribution in [-0.4, -0.2) is 27.2 Å². The van der Waals surface area contributed by atoms with E-state index in [4.69, 9.17) is 10.00 Å².